The third-order valence-corrected chi connectivity index (χ3v) is 4.83. The molecule has 3 atom stereocenters. The molecule has 3 rings (SSSR count). The Morgan fingerprint density at radius 3 is 2.72 bits per heavy atom. The van der Waals surface area contributed by atoms with Crippen LogP contribution in [-0.2, 0) is 24.3 Å². The Labute approximate surface area is 144 Å². The Balaban J connectivity index is 1.56. The van der Waals surface area contributed by atoms with Crippen LogP contribution in [0.1, 0.15) is 19.3 Å². The van der Waals surface area contributed by atoms with Gasteiger partial charge in [0.25, 0.3) is 5.91 Å². The molecule has 3 aliphatic heterocycles. The predicted octanol–water partition coefficient (Wildman–Crippen LogP) is -1.28. The van der Waals surface area contributed by atoms with Gasteiger partial charge in [-0.25, -0.2) is 10.3 Å². The van der Waals surface area contributed by atoms with E-state index in [0.29, 0.717) is 37.4 Å². The highest BCUT2D eigenvalue weighted by Crippen LogP contribution is 2.30. The summed E-state index contributed by atoms with van der Waals surface area (Å²) in [7, 11) is -4.82. The first kappa shape index (κ1) is 17.8. The van der Waals surface area contributed by atoms with Crippen LogP contribution in [0.5, 0.6) is 0 Å². The summed E-state index contributed by atoms with van der Waals surface area (Å²) in [5.41, 5.74) is 2.34. The highest BCUT2D eigenvalue weighted by Gasteiger charge is 2.49. The van der Waals surface area contributed by atoms with E-state index in [1.54, 1.807) is 4.90 Å². The standard InChI is InChI=1S/C12H19N5O7S/c13-7-15-4-3-9(6-15)23-14-11(18)10-2-1-8-5-16(10)12(19)17(8)24-25(20,21)22/h7-10,13H,1-6H2,(H,14,18)(H,20,21,22)/t8-,9?,10+/m0/s1. The molecule has 12 nitrogen and oxygen atoms in total. The van der Waals surface area contributed by atoms with Crippen molar-refractivity contribution in [1.29, 1.82) is 5.41 Å². The fraction of sp³-hybridized carbons (Fsp3) is 0.750. The van der Waals surface area contributed by atoms with Crippen molar-refractivity contribution in [3.63, 3.8) is 0 Å². The molecule has 1 unspecified atom stereocenters. The highest BCUT2D eigenvalue weighted by molar-refractivity contribution is 7.80. The lowest BCUT2D eigenvalue weighted by atomic mass is 10.0. The number of nitrogens with one attached hydrogen (secondary N) is 2. The molecular formula is C12H19N5O7S. The first-order valence-electron chi connectivity index (χ1n) is 7.75. The molecule has 140 valence electrons. The second kappa shape index (κ2) is 6.74. The van der Waals surface area contributed by atoms with Crippen LogP contribution in [-0.4, -0.2) is 83.9 Å². The summed E-state index contributed by atoms with van der Waals surface area (Å²) in [4.78, 5) is 32.8. The van der Waals surface area contributed by atoms with Crippen LogP contribution >= 0.6 is 0 Å². The van der Waals surface area contributed by atoms with Crippen molar-refractivity contribution >= 4 is 28.7 Å². The molecule has 2 bridgehead atoms. The van der Waals surface area contributed by atoms with Gasteiger partial charge in [0.15, 0.2) is 0 Å². The van der Waals surface area contributed by atoms with Gasteiger partial charge in [-0.15, -0.1) is 4.28 Å². The minimum absolute atomic E-state index is 0.122. The molecule has 13 heteroatoms. The van der Waals surface area contributed by atoms with Gasteiger partial charge in [0, 0.05) is 19.6 Å². The number of rotatable bonds is 6. The summed E-state index contributed by atoms with van der Waals surface area (Å²) < 4.78 is 34.7. The second-order valence-electron chi connectivity index (χ2n) is 6.13. The van der Waals surface area contributed by atoms with Crippen LogP contribution in [0.15, 0.2) is 0 Å². The van der Waals surface area contributed by atoms with Gasteiger partial charge in [-0.3, -0.25) is 19.6 Å². The van der Waals surface area contributed by atoms with Crippen LogP contribution in [0.3, 0.4) is 0 Å². The zero-order valence-electron chi connectivity index (χ0n) is 13.2. The Kier molecular flexibility index (Phi) is 4.81. The SMILES string of the molecule is N=CN1CCC(ONC(=O)[C@H]2CC[C@H]3CN2C(=O)N3OS(=O)(=O)O)C1. The summed E-state index contributed by atoms with van der Waals surface area (Å²) in [6.45, 7) is 1.29. The average molecular weight is 377 g/mol. The van der Waals surface area contributed by atoms with E-state index < -0.39 is 34.4 Å². The molecule has 3 N–H and O–H groups in total. The molecule has 3 saturated heterocycles. The number of fused-ring (bicyclic) bond motifs is 2. The Hall–Kier alpha value is -1.96. The predicted molar refractivity (Wildman–Crippen MR) is 81.4 cm³/mol. The van der Waals surface area contributed by atoms with Gasteiger partial charge in [-0.05, 0) is 19.3 Å². The number of urea groups is 1. The van der Waals surface area contributed by atoms with E-state index in [2.05, 4.69) is 9.76 Å². The molecule has 3 heterocycles. The molecule has 25 heavy (non-hydrogen) atoms. The van der Waals surface area contributed by atoms with E-state index >= 15 is 0 Å². The van der Waals surface area contributed by atoms with Gasteiger partial charge in [0.05, 0.1) is 12.4 Å². The first-order valence-corrected chi connectivity index (χ1v) is 9.12. The molecule has 0 aliphatic carbocycles. The summed E-state index contributed by atoms with van der Waals surface area (Å²) in [5.74, 6) is -0.506. The van der Waals surface area contributed by atoms with Gasteiger partial charge in [0.1, 0.15) is 12.1 Å². The summed E-state index contributed by atoms with van der Waals surface area (Å²) in [6, 6.07) is -2.15. The Bertz CT molecular complexity index is 671. The monoisotopic (exact) mass is 377 g/mol. The molecule has 3 fully saturated rings. The molecule has 0 aromatic heterocycles. The Morgan fingerprint density at radius 2 is 2.08 bits per heavy atom. The molecule has 3 amide bonds. The quantitative estimate of drug-likeness (QED) is 0.224. The van der Waals surface area contributed by atoms with Gasteiger partial charge in [-0.1, -0.05) is 0 Å². The number of carbonyl (C=O) groups is 2. The number of nitrogens with zero attached hydrogens (tertiary/aromatic N) is 3. The minimum Gasteiger partial charge on any atom is -0.360 e. The van der Waals surface area contributed by atoms with Crippen molar-refractivity contribution in [3.05, 3.63) is 0 Å². The molecule has 0 aromatic rings. The Morgan fingerprint density at radius 1 is 1.32 bits per heavy atom. The molecule has 0 radical (unpaired) electrons. The van der Waals surface area contributed by atoms with Crippen LogP contribution in [0.25, 0.3) is 0 Å². The van der Waals surface area contributed by atoms with Crippen molar-refractivity contribution in [3.8, 4) is 0 Å². The maximum atomic E-state index is 12.3. The molecule has 0 spiro atoms. The zero-order valence-corrected chi connectivity index (χ0v) is 14.0. The molecule has 0 aromatic carbocycles. The average Bonchev–Trinajstić information content (AvgIpc) is 3.11. The maximum Gasteiger partial charge on any atom is 0.418 e. The lowest BCUT2D eigenvalue weighted by Crippen LogP contribution is -2.50. The van der Waals surface area contributed by atoms with Crippen molar-refractivity contribution in [2.24, 2.45) is 0 Å². The number of likely N-dealkylation sites (tertiary alicyclic amines) is 1. The van der Waals surface area contributed by atoms with Crippen LogP contribution in [0.2, 0.25) is 0 Å². The topological polar surface area (TPSA) is 153 Å². The first-order chi connectivity index (χ1) is 11.8. The van der Waals surface area contributed by atoms with E-state index in [1.807, 2.05) is 0 Å². The summed E-state index contributed by atoms with van der Waals surface area (Å²) >= 11 is 0. The normalized spacial score (nSPS) is 29.2. The number of carbonyl (C=O) groups excluding carboxylic acids is 2. The fourth-order valence-electron chi connectivity index (χ4n) is 3.28. The van der Waals surface area contributed by atoms with E-state index in [-0.39, 0.29) is 12.6 Å². The molecular weight excluding hydrogens is 358 g/mol. The number of hydrogen-bond acceptors (Lipinski definition) is 7. The second-order valence-corrected chi connectivity index (χ2v) is 7.13. The third kappa shape index (κ3) is 3.84. The minimum atomic E-state index is -4.82. The number of hydroxylamine groups is 3. The van der Waals surface area contributed by atoms with Crippen LogP contribution < -0.4 is 5.48 Å². The van der Waals surface area contributed by atoms with Gasteiger partial charge >= 0.3 is 16.4 Å². The van der Waals surface area contributed by atoms with E-state index in [0.717, 1.165) is 0 Å². The highest BCUT2D eigenvalue weighted by atomic mass is 32.3. The van der Waals surface area contributed by atoms with Crippen LogP contribution in [0, 0.1) is 5.41 Å². The lowest BCUT2D eigenvalue weighted by molar-refractivity contribution is -0.143. The smallest absolute Gasteiger partial charge is 0.360 e. The van der Waals surface area contributed by atoms with Gasteiger partial charge in [0.2, 0.25) is 0 Å². The van der Waals surface area contributed by atoms with E-state index in [4.69, 9.17) is 14.8 Å². The maximum absolute atomic E-state index is 12.3. The van der Waals surface area contributed by atoms with Crippen molar-refractivity contribution in [1.82, 2.24) is 20.3 Å². The van der Waals surface area contributed by atoms with Gasteiger partial charge < -0.3 is 9.80 Å². The van der Waals surface area contributed by atoms with Crippen LogP contribution in [0.4, 0.5) is 4.79 Å². The third-order valence-electron chi connectivity index (χ3n) is 4.49. The zero-order chi connectivity index (χ0) is 18.2. The van der Waals surface area contributed by atoms with E-state index in [9.17, 15) is 18.0 Å². The van der Waals surface area contributed by atoms with Crippen molar-refractivity contribution < 1.29 is 31.7 Å². The summed E-state index contributed by atoms with van der Waals surface area (Å²) in [5, 5.41) is 7.75. The van der Waals surface area contributed by atoms with Gasteiger partial charge in [-0.2, -0.15) is 13.5 Å². The summed E-state index contributed by atoms with van der Waals surface area (Å²) in [6.07, 6.45) is 2.30. The largest absolute Gasteiger partial charge is 0.418 e. The fourth-order valence-corrected chi connectivity index (χ4v) is 3.67. The van der Waals surface area contributed by atoms with Crippen molar-refractivity contribution in [2.75, 3.05) is 19.6 Å². The molecule has 0 saturated carbocycles. The van der Waals surface area contributed by atoms with E-state index in [1.165, 1.54) is 11.2 Å². The van der Waals surface area contributed by atoms with Crippen molar-refractivity contribution in [2.45, 2.75) is 37.5 Å². The number of piperidine rings is 1. The molecule has 3 aliphatic rings. The number of amides is 3. The lowest BCUT2D eigenvalue weighted by Gasteiger charge is -2.29. The number of hydrogen-bond donors (Lipinski definition) is 3.